The molecule has 0 atom stereocenters. The van der Waals surface area contributed by atoms with Crippen molar-refractivity contribution >= 4 is 21.5 Å². The number of hydrogen-bond donors (Lipinski definition) is 0. The summed E-state index contributed by atoms with van der Waals surface area (Å²) in [7, 11) is 0. The van der Waals surface area contributed by atoms with Gasteiger partial charge in [0.05, 0.1) is 22.8 Å². The van der Waals surface area contributed by atoms with Gasteiger partial charge in [0.2, 0.25) is 0 Å². The van der Waals surface area contributed by atoms with Crippen molar-refractivity contribution in [2.75, 3.05) is 13.2 Å². The first kappa shape index (κ1) is 36.2. The minimum absolute atomic E-state index is 0.413. The zero-order valence-electron chi connectivity index (χ0n) is 31.9. The number of hydrogen-bond acceptors (Lipinski definition) is 8. The number of rotatable bonds is 12. The highest BCUT2D eigenvalue weighted by Crippen LogP contribution is 2.41. The Balaban J connectivity index is 1.14. The Morgan fingerprint density at radius 3 is 1.11 bits per heavy atom. The van der Waals surface area contributed by atoms with Crippen molar-refractivity contribution in [3.8, 4) is 11.5 Å². The average molecular weight is 749 g/mol. The number of ether oxygens (including phenoxy) is 2. The smallest absolute Gasteiger partial charge is 0.128 e. The van der Waals surface area contributed by atoms with Crippen LogP contribution in [0.4, 0.5) is 0 Å². The van der Waals surface area contributed by atoms with Gasteiger partial charge in [-0.3, -0.25) is 29.7 Å². The van der Waals surface area contributed by atoms with Gasteiger partial charge in [0.25, 0.3) is 0 Å². The molecule has 4 aromatic carbocycles. The summed E-state index contributed by atoms with van der Waals surface area (Å²) >= 11 is 0. The molecule has 0 fully saturated rings. The SMILES string of the molecule is c1ccc(CN(Cc2ccccn2)Cc2cc3ccccc3c3c2OCCOc2c(CN(Cc4ccccn4)Cc4ccccn4)cc4ccccc4c2C3)nc1. The van der Waals surface area contributed by atoms with Gasteiger partial charge in [0, 0.05) is 92.7 Å². The molecule has 282 valence electrons. The van der Waals surface area contributed by atoms with Gasteiger partial charge in [-0.05, 0) is 82.2 Å². The van der Waals surface area contributed by atoms with Gasteiger partial charge in [-0.2, -0.15) is 0 Å². The molecule has 0 unspecified atom stereocenters. The molecule has 0 aliphatic carbocycles. The molecule has 0 bridgehead atoms. The molecule has 4 aromatic heterocycles. The van der Waals surface area contributed by atoms with E-state index in [-0.39, 0.29) is 0 Å². The van der Waals surface area contributed by atoms with E-state index in [4.69, 9.17) is 9.47 Å². The van der Waals surface area contributed by atoms with Crippen LogP contribution in [-0.4, -0.2) is 42.9 Å². The summed E-state index contributed by atoms with van der Waals surface area (Å²) in [6.07, 6.45) is 8.09. The zero-order valence-corrected chi connectivity index (χ0v) is 31.9. The van der Waals surface area contributed by atoms with E-state index in [1.807, 2.05) is 73.3 Å². The summed E-state index contributed by atoms with van der Waals surface area (Å²) in [4.78, 5) is 23.6. The fourth-order valence-corrected chi connectivity index (χ4v) is 8.04. The van der Waals surface area contributed by atoms with E-state index in [2.05, 4.69) is 115 Å². The highest BCUT2D eigenvalue weighted by Gasteiger charge is 2.25. The van der Waals surface area contributed by atoms with Crippen molar-refractivity contribution in [2.45, 2.75) is 45.7 Å². The van der Waals surface area contributed by atoms with E-state index in [1.165, 1.54) is 32.7 Å². The van der Waals surface area contributed by atoms with Crippen molar-refractivity contribution < 1.29 is 9.47 Å². The minimum atomic E-state index is 0.413. The standard InChI is InChI=1S/C49H44N6O2/c1-3-19-44-36(13-1)27-38(30-54(32-40-15-5-9-21-50-40)33-41-16-6-10-22-51-41)48-46(44)29-47-45-20-4-2-14-37(45)28-39(49(47)57-26-25-56-48)31-55(34-42-17-7-11-23-52-42)35-43-18-8-12-24-53-43/h1-24,27-28H,25-26,29-35H2. The monoisotopic (exact) mass is 748 g/mol. The van der Waals surface area contributed by atoms with E-state index in [1.54, 1.807) is 0 Å². The quantitative estimate of drug-likeness (QED) is 0.122. The maximum absolute atomic E-state index is 6.86. The molecule has 0 spiro atoms. The lowest BCUT2D eigenvalue weighted by molar-refractivity contribution is 0.202. The zero-order chi connectivity index (χ0) is 38.2. The molecule has 0 saturated carbocycles. The fourth-order valence-electron chi connectivity index (χ4n) is 8.04. The minimum Gasteiger partial charge on any atom is -0.489 e. The Morgan fingerprint density at radius 2 is 0.754 bits per heavy atom. The lowest BCUT2D eigenvalue weighted by Gasteiger charge is -2.25. The third kappa shape index (κ3) is 8.53. The lowest BCUT2D eigenvalue weighted by atomic mass is 9.90. The molecule has 5 heterocycles. The highest BCUT2D eigenvalue weighted by atomic mass is 16.5. The maximum atomic E-state index is 6.86. The summed E-state index contributed by atoms with van der Waals surface area (Å²) in [5.41, 5.74) is 8.66. The molecule has 9 rings (SSSR count). The van der Waals surface area contributed by atoms with Crippen molar-refractivity contribution in [3.05, 3.63) is 203 Å². The molecular weight excluding hydrogens is 705 g/mol. The number of nitrogens with zero attached hydrogens (tertiary/aromatic N) is 6. The highest BCUT2D eigenvalue weighted by molar-refractivity contribution is 5.93. The Hall–Kier alpha value is -6.48. The van der Waals surface area contributed by atoms with E-state index >= 15 is 0 Å². The van der Waals surface area contributed by atoms with Gasteiger partial charge in [-0.15, -0.1) is 0 Å². The largest absolute Gasteiger partial charge is 0.489 e. The van der Waals surface area contributed by atoms with E-state index in [0.29, 0.717) is 58.9 Å². The van der Waals surface area contributed by atoms with Crippen LogP contribution in [0.3, 0.4) is 0 Å². The van der Waals surface area contributed by atoms with Crippen LogP contribution in [0.1, 0.15) is 45.0 Å². The first-order valence-corrected chi connectivity index (χ1v) is 19.6. The van der Waals surface area contributed by atoms with Gasteiger partial charge in [-0.25, -0.2) is 0 Å². The van der Waals surface area contributed by atoms with Crippen LogP contribution in [0.25, 0.3) is 21.5 Å². The van der Waals surface area contributed by atoms with Crippen molar-refractivity contribution in [1.29, 1.82) is 0 Å². The van der Waals surface area contributed by atoms with Gasteiger partial charge >= 0.3 is 0 Å². The normalized spacial score (nSPS) is 12.7. The Morgan fingerprint density at radius 1 is 0.404 bits per heavy atom. The van der Waals surface area contributed by atoms with Gasteiger partial charge in [0.1, 0.15) is 24.7 Å². The molecule has 57 heavy (non-hydrogen) atoms. The molecule has 0 N–H and O–H groups in total. The fraction of sp³-hybridized carbons (Fsp3) is 0.184. The van der Waals surface area contributed by atoms with Gasteiger partial charge in [0.15, 0.2) is 0 Å². The average Bonchev–Trinajstić information content (AvgIpc) is 3.35. The third-order valence-corrected chi connectivity index (χ3v) is 10.5. The number of aromatic nitrogens is 4. The Kier molecular flexibility index (Phi) is 10.9. The summed E-state index contributed by atoms with van der Waals surface area (Å²) < 4.78 is 13.7. The van der Waals surface area contributed by atoms with Crippen LogP contribution < -0.4 is 9.47 Å². The van der Waals surface area contributed by atoms with Crippen molar-refractivity contribution in [2.24, 2.45) is 0 Å². The first-order chi connectivity index (χ1) is 28.2. The summed E-state index contributed by atoms with van der Waals surface area (Å²) in [5, 5.41) is 4.74. The Bertz CT molecular complexity index is 2310. The predicted molar refractivity (Wildman–Crippen MR) is 225 cm³/mol. The van der Waals surface area contributed by atoms with Crippen molar-refractivity contribution in [3.63, 3.8) is 0 Å². The second-order valence-electron chi connectivity index (χ2n) is 14.6. The van der Waals surface area contributed by atoms with Crippen LogP contribution in [-0.2, 0) is 45.7 Å². The predicted octanol–water partition coefficient (Wildman–Crippen LogP) is 9.34. The molecule has 8 aromatic rings. The summed E-state index contributed by atoms with van der Waals surface area (Å²) in [6, 6.07) is 46.4. The number of pyridine rings is 4. The first-order valence-electron chi connectivity index (χ1n) is 19.6. The van der Waals surface area contributed by atoms with Crippen LogP contribution in [0, 0.1) is 0 Å². The molecule has 0 amide bonds. The van der Waals surface area contributed by atoms with E-state index in [9.17, 15) is 0 Å². The topological polar surface area (TPSA) is 76.5 Å². The van der Waals surface area contributed by atoms with Gasteiger partial charge < -0.3 is 9.47 Å². The number of fused-ring (bicyclic) bond motifs is 6. The molecule has 8 nitrogen and oxygen atoms in total. The summed E-state index contributed by atoms with van der Waals surface area (Å²) in [6.45, 7) is 4.83. The van der Waals surface area contributed by atoms with Crippen LogP contribution in [0.15, 0.2) is 158 Å². The molecule has 1 aliphatic rings. The second kappa shape index (κ2) is 17.1. The van der Waals surface area contributed by atoms with Crippen molar-refractivity contribution in [1.82, 2.24) is 29.7 Å². The summed E-state index contributed by atoms with van der Waals surface area (Å²) in [5.74, 6) is 1.86. The molecule has 0 radical (unpaired) electrons. The lowest BCUT2D eigenvalue weighted by Crippen LogP contribution is -2.24. The van der Waals surface area contributed by atoms with Gasteiger partial charge in [-0.1, -0.05) is 72.8 Å². The Labute approximate surface area is 333 Å². The molecule has 8 heteroatoms. The molecule has 0 saturated heterocycles. The third-order valence-electron chi connectivity index (χ3n) is 10.5. The molecular formula is C49H44N6O2. The maximum Gasteiger partial charge on any atom is 0.128 e. The van der Waals surface area contributed by atoms with E-state index in [0.717, 1.165) is 45.4 Å². The van der Waals surface area contributed by atoms with E-state index < -0.39 is 0 Å². The van der Waals surface area contributed by atoms with Crippen LogP contribution >= 0.6 is 0 Å². The number of benzene rings is 4. The van der Waals surface area contributed by atoms with Crippen LogP contribution in [0.5, 0.6) is 11.5 Å². The van der Waals surface area contributed by atoms with Crippen LogP contribution in [0.2, 0.25) is 0 Å². The second-order valence-corrected chi connectivity index (χ2v) is 14.6. The molecule has 1 aliphatic heterocycles.